The van der Waals surface area contributed by atoms with E-state index in [1.165, 1.54) is 17.4 Å². The molecule has 20 heavy (non-hydrogen) atoms. The molecule has 106 valence electrons. The van der Waals surface area contributed by atoms with E-state index in [1.807, 2.05) is 26.2 Å². The van der Waals surface area contributed by atoms with Crippen molar-refractivity contribution < 1.29 is 19.1 Å². The highest BCUT2D eigenvalue weighted by Gasteiger charge is 2.28. The Hall–Kier alpha value is -2.15. The molecule has 2 aromatic rings. The Morgan fingerprint density at radius 2 is 2.15 bits per heavy atom. The molecular weight excluding hydrogens is 280 g/mol. The summed E-state index contributed by atoms with van der Waals surface area (Å²) in [5.41, 5.74) is 0.170. The molecule has 6 nitrogen and oxygen atoms in total. The second kappa shape index (κ2) is 5.09. The van der Waals surface area contributed by atoms with Crippen molar-refractivity contribution in [2.24, 2.45) is 0 Å². The SMILES string of the molecule is Cc1csc(C(C)(C)NC(=O)c2cc(C(=O)O)co2)n1. The minimum absolute atomic E-state index is 0.0382. The van der Waals surface area contributed by atoms with Crippen LogP contribution in [0, 0.1) is 6.92 Å². The van der Waals surface area contributed by atoms with Gasteiger partial charge in [-0.3, -0.25) is 4.79 Å². The molecule has 0 saturated carbocycles. The summed E-state index contributed by atoms with van der Waals surface area (Å²) in [7, 11) is 0. The van der Waals surface area contributed by atoms with Crippen LogP contribution in [-0.4, -0.2) is 22.0 Å². The zero-order valence-electron chi connectivity index (χ0n) is 11.3. The van der Waals surface area contributed by atoms with Gasteiger partial charge in [0.05, 0.1) is 11.1 Å². The summed E-state index contributed by atoms with van der Waals surface area (Å²) in [4.78, 5) is 27.1. The van der Waals surface area contributed by atoms with Gasteiger partial charge in [-0.15, -0.1) is 11.3 Å². The lowest BCUT2D eigenvalue weighted by Crippen LogP contribution is -2.40. The molecule has 2 heterocycles. The third-order valence-corrected chi connectivity index (χ3v) is 3.93. The van der Waals surface area contributed by atoms with Crippen molar-refractivity contribution in [3.8, 4) is 0 Å². The van der Waals surface area contributed by atoms with Gasteiger partial charge in [-0.2, -0.15) is 0 Å². The fourth-order valence-electron chi connectivity index (χ4n) is 1.61. The van der Waals surface area contributed by atoms with Crippen LogP contribution in [0.25, 0.3) is 0 Å². The van der Waals surface area contributed by atoms with Crippen molar-refractivity contribution in [3.63, 3.8) is 0 Å². The zero-order valence-corrected chi connectivity index (χ0v) is 12.1. The van der Waals surface area contributed by atoms with E-state index in [2.05, 4.69) is 10.3 Å². The molecule has 0 bridgehead atoms. The van der Waals surface area contributed by atoms with Crippen LogP contribution < -0.4 is 5.32 Å². The highest BCUT2D eigenvalue weighted by molar-refractivity contribution is 7.09. The van der Waals surface area contributed by atoms with E-state index in [0.29, 0.717) is 0 Å². The lowest BCUT2D eigenvalue weighted by molar-refractivity contribution is 0.0695. The van der Waals surface area contributed by atoms with Crippen molar-refractivity contribution in [1.29, 1.82) is 0 Å². The van der Waals surface area contributed by atoms with Crippen LogP contribution in [-0.2, 0) is 5.54 Å². The first-order valence-corrected chi connectivity index (χ1v) is 6.74. The van der Waals surface area contributed by atoms with Crippen LogP contribution in [0.4, 0.5) is 0 Å². The number of nitrogens with one attached hydrogen (secondary N) is 1. The zero-order chi connectivity index (χ0) is 14.9. The van der Waals surface area contributed by atoms with Crippen LogP contribution in [0.1, 0.15) is 45.5 Å². The molecule has 0 radical (unpaired) electrons. The lowest BCUT2D eigenvalue weighted by Gasteiger charge is -2.23. The van der Waals surface area contributed by atoms with Crippen LogP contribution in [0.2, 0.25) is 0 Å². The molecule has 0 aromatic carbocycles. The predicted octanol–water partition coefficient (Wildman–Crippen LogP) is 2.41. The summed E-state index contributed by atoms with van der Waals surface area (Å²) >= 11 is 1.45. The predicted molar refractivity (Wildman–Crippen MR) is 73.0 cm³/mol. The van der Waals surface area contributed by atoms with Gasteiger partial charge in [-0.1, -0.05) is 0 Å². The molecule has 0 unspecified atom stereocenters. The second-order valence-corrected chi connectivity index (χ2v) is 5.74. The van der Waals surface area contributed by atoms with Gasteiger partial charge in [0.15, 0.2) is 5.76 Å². The fourth-order valence-corrected chi connectivity index (χ4v) is 2.48. The quantitative estimate of drug-likeness (QED) is 0.903. The molecule has 2 N–H and O–H groups in total. The van der Waals surface area contributed by atoms with E-state index in [1.54, 1.807) is 0 Å². The minimum atomic E-state index is -1.14. The van der Waals surface area contributed by atoms with Crippen LogP contribution in [0.5, 0.6) is 0 Å². The van der Waals surface area contributed by atoms with Gasteiger partial charge in [0.1, 0.15) is 11.3 Å². The van der Waals surface area contributed by atoms with E-state index in [4.69, 9.17) is 9.52 Å². The highest BCUT2D eigenvalue weighted by Crippen LogP contribution is 2.24. The van der Waals surface area contributed by atoms with Gasteiger partial charge < -0.3 is 14.8 Å². The number of carbonyl (C=O) groups is 2. The monoisotopic (exact) mass is 294 g/mol. The Labute approximate surface area is 119 Å². The third-order valence-electron chi connectivity index (χ3n) is 2.65. The summed E-state index contributed by atoms with van der Waals surface area (Å²) in [6.45, 7) is 5.53. The standard InChI is InChI=1S/C13H14N2O4S/c1-7-6-20-12(14-7)13(2,3)15-10(16)9-4-8(5-19-9)11(17)18/h4-6H,1-3H3,(H,15,16)(H,17,18). The number of thiazole rings is 1. The summed E-state index contributed by atoms with van der Waals surface area (Å²) in [5.74, 6) is -1.65. The maximum absolute atomic E-state index is 12.1. The normalized spacial score (nSPS) is 11.3. The van der Waals surface area contributed by atoms with Gasteiger partial charge in [0, 0.05) is 17.1 Å². The van der Waals surface area contributed by atoms with E-state index in [9.17, 15) is 9.59 Å². The number of amides is 1. The number of aromatic carboxylic acids is 1. The number of rotatable bonds is 4. The number of nitrogens with zero attached hydrogens (tertiary/aromatic N) is 1. The van der Waals surface area contributed by atoms with E-state index < -0.39 is 17.4 Å². The maximum atomic E-state index is 12.1. The molecule has 1 amide bonds. The number of carbonyl (C=O) groups excluding carboxylic acids is 1. The number of carboxylic acid groups (broad SMARTS) is 1. The number of aryl methyl sites for hydroxylation is 1. The van der Waals surface area contributed by atoms with Crippen molar-refractivity contribution in [2.75, 3.05) is 0 Å². The Morgan fingerprint density at radius 3 is 2.65 bits per heavy atom. The number of carboxylic acids is 1. The van der Waals surface area contributed by atoms with E-state index >= 15 is 0 Å². The molecular formula is C13H14N2O4S. The molecule has 0 aliphatic heterocycles. The number of hydrogen-bond donors (Lipinski definition) is 2. The maximum Gasteiger partial charge on any atom is 0.338 e. The largest absolute Gasteiger partial charge is 0.478 e. The van der Waals surface area contributed by atoms with Crippen LogP contribution >= 0.6 is 11.3 Å². The number of aromatic nitrogens is 1. The fraction of sp³-hybridized carbons (Fsp3) is 0.308. The number of hydrogen-bond acceptors (Lipinski definition) is 5. The molecule has 0 spiro atoms. The molecule has 0 fully saturated rings. The first-order valence-electron chi connectivity index (χ1n) is 5.86. The Bertz CT molecular complexity index is 657. The minimum Gasteiger partial charge on any atom is -0.478 e. The van der Waals surface area contributed by atoms with Crippen molar-refractivity contribution in [1.82, 2.24) is 10.3 Å². The van der Waals surface area contributed by atoms with Gasteiger partial charge in [-0.25, -0.2) is 9.78 Å². The Balaban J connectivity index is 2.15. The van der Waals surface area contributed by atoms with Gasteiger partial charge >= 0.3 is 5.97 Å². The molecule has 2 aromatic heterocycles. The van der Waals surface area contributed by atoms with Gasteiger partial charge in [-0.05, 0) is 20.8 Å². The summed E-state index contributed by atoms with van der Waals surface area (Å²) in [6, 6.07) is 1.20. The topological polar surface area (TPSA) is 92.4 Å². The lowest BCUT2D eigenvalue weighted by atomic mass is 10.1. The van der Waals surface area contributed by atoms with Crippen molar-refractivity contribution in [3.05, 3.63) is 39.7 Å². The van der Waals surface area contributed by atoms with Gasteiger partial charge in [0.25, 0.3) is 5.91 Å². The molecule has 0 aliphatic carbocycles. The Kier molecular flexibility index (Phi) is 3.63. The van der Waals surface area contributed by atoms with E-state index in [-0.39, 0.29) is 11.3 Å². The Morgan fingerprint density at radius 1 is 1.45 bits per heavy atom. The smallest absolute Gasteiger partial charge is 0.338 e. The molecule has 0 atom stereocenters. The first-order chi connectivity index (χ1) is 9.29. The average molecular weight is 294 g/mol. The van der Waals surface area contributed by atoms with Crippen LogP contribution in [0.3, 0.4) is 0 Å². The summed E-state index contributed by atoms with van der Waals surface area (Å²) in [5, 5.41) is 14.2. The molecule has 7 heteroatoms. The summed E-state index contributed by atoms with van der Waals surface area (Å²) < 4.78 is 4.96. The molecule has 2 rings (SSSR count). The molecule has 0 saturated heterocycles. The average Bonchev–Trinajstić information content (AvgIpc) is 2.96. The van der Waals surface area contributed by atoms with Crippen molar-refractivity contribution >= 4 is 23.2 Å². The van der Waals surface area contributed by atoms with Gasteiger partial charge in [0.2, 0.25) is 0 Å². The number of furan rings is 1. The van der Waals surface area contributed by atoms with E-state index in [0.717, 1.165) is 17.0 Å². The highest BCUT2D eigenvalue weighted by atomic mass is 32.1. The first kappa shape index (κ1) is 14.3. The van der Waals surface area contributed by atoms with Crippen molar-refractivity contribution in [2.45, 2.75) is 26.3 Å². The second-order valence-electron chi connectivity index (χ2n) is 4.88. The summed E-state index contributed by atoms with van der Waals surface area (Å²) in [6.07, 6.45) is 1.04. The van der Waals surface area contributed by atoms with Crippen LogP contribution in [0.15, 0.2) is 22.1 Å². The third kappa shape index (κ3) is 2.88. The molecule has 0 aliphatic rings.